The van der Waals surface area contributed by atoms with E-state index < -0.39 is 0 Å². The van der Waals surface area contributed by atoms with Crippen molar-refractivity contribution in [3.63, 3.8) is 0 Å². The van der Waals surface area contributed by atoms with Crippen LogP contribution in [0.4, 0.5) is 0 Å². The highest BCUT2D eigenvalue weighted by Crippen LogP contribution is 2.27. The largest absolute Gasteiger partial charge is 0.497 e. The van der Waals surface area contributed by atoms with Gasteiger partial charge in [-0.05, 0) is 41.8 Å². The summed E-state index contributed by atoms with van der Waals surface area (Å²) in [6, 6.07) is 21.2. The van der Waals surface area contributed by atoms with E-state index in [-0.39, 0.29) is 11.9 Å². The molecule has 1 atom stereocenters. The second kappa shape index (κ2) is 9.73. The quantitative estimate of drug-likeness (QED) is 0.576. The number of rotatable bonds is 8. The Labute approximate surface area is 171 Å². The van der Waals surface area contributed by atoms with Crippen molar-refractivity contribution in [3.8, 4) is 11.5 Å². The molecule has 3 aromatic rings. The number of nitrogens with zero attached hydrogens (tertiary/aromatic N) is 2. The van der Waals surface area contributed by atoms with Crippen molar-refractivity contribution in [1.82, 2.24) is 9.88 Å². The van der Waals surface area contributed by atoms with Gasteiger partial charge in [-0.15, -0.1) is 0 Å². The molecular weight excluding hydrogens is 364 g/mol. The molecule has 0 spiro atoms. The van der Waals surface area contributed by atoms with E-state index in [1.54, 1.807) is 25.3 Å². The van der Waals surface area contributed by atoms with Gasteiger partial charge in [0.05, 0.1) is 26.0 Å². The Morgan fingerprint density at radius 2 is 1.62 bits per heavy atom. The van der Waals surface area contributed by atoms with Gasteiger partial charge in [0.25, 0.3) is 0 Å². The monoisotopic (exact) mass is 390 g/mol. The average Bonchev–Trinajstić information content (AvgIpc) is 2.78. The number of ether oxygens (including phenoxy) is 2. The predicted octanol–water partition coefficient (Wildman–Crippen LogP) is 4.28. The van der Waals surface area contributed by atoms with Gasteiger partial charge in [0.1, 0.15) is 11.5 Å². The summed E-state index contributed by atoms with van der Waals surface area (Å²) < 4.78 is 10.6. The first-order valence-electron chi connectivity index (χ1n) is 9.56. The molecule has 3 rings (SSSR count). The van der Waals surface area contributed by atoms with Crippen molar-refractivity contribution in [1.29, 1.82) is 0 Å². The number of carbonyl (C=O) groups excluding carboxylic acids is 1. The number of amides is 1. The SMILES string of the molecule is COc1cc(CCC(=O)N(C)C(c2ccccc2)c2ccccn2)cc(OC)c1. The summed E-state index contributed by atoms with van der Waals surface area (Å²) in [5.74, 6) is 1.48. The highest BCUT2D eigenvalue weighted by Gasteiger charge is 2.24. The van der Waals surface area contributed by atoms with Crippen molar-refractivity contribution in [2.45, 2.75) is 18.9 Å². The highest BCUT2D eigenvalue weighted by atomic mass is 16.5. The molecule has 5 nitrogen and oxygen atoms in total. The Hall–Kier alpha value is -3.34. The van der Waals surface area contributed by atoms with Crippen LogP contribution in [0.1, 0.15) is 29.3 Å². The molecular formula is C24H26N2O3. The second-order valence-electron chi connectivity index (χ2n) is 6.79. The fourth-order valence-electron chi connectivity index (χ4n) is 3.35. The summed E-state index contributed by atoms with van der Waals surface area (Å²) in [6.45, 7) is 0. The molecule has 1 unspecified atom stereocenters. The number of aryl methyl sites for hydroxylation is 1. The Morgan fingerprint density at radius 1 is 0.966 bits per heavy atom. The Balaban J connectivity index is 1.78. The molecule has 0 aliphatic rings. The van der Waals surface area contributed by atoms with Crippen LogP contribution < -0.4 is 9.47 Å². The molecule has 1 heterocycles. The summed E-state index contributed by atoms with van der Waals surface area (Å²) in [7, 11) is 5.07. The van der Waals surface area contributed by atoms with E-state index in [0.717, 1.165) is 28.3 Å². The number of aromatic nitrogens is 1. The smallest absolute Gasteiger partial charge is 0.223 e. The zero-order chi connectivity index (χ0) is 20.6. The minimum atomic E-state index is -0.232. The van der Waals surface area contributed by atoms with Gasteiger partial charge in [-0.2, -0.15) is 0 Å². The molecule has 0 aliphatic carbocycles. The molecule has 0 radical (unpaired) electrons. The third kappa shape index (κ3) is 5.13. The van der Waals surface area contributed by atoms with Crippen LogP contribution in [0.3, 0.4) is 0 Å². The maximum absolute atomic E-state index is 13.0. The molecule has 5 heteroatoms. The molecule has 150 valence electrons. The number of hydrogen-bond acceptors (Lipinski definition) is 4. The summed E-state index contributed by atoms with van der Waals surface area (Å²) in [6.07, 6.45) is 2.73. The van der Waals surface area contributed by atoms with Crippen molar-refractivity contribution in [2.24, 2.45) is 0 Å². The van der Waals surface area contributed by atoms with E-state index in [1.165, 1.54) is 0 Å². The predicted molar refractivity (Wildman–Crippen MR) is 113 cm³/mol. The van der Waals surface area contributed by atoms with Crippen LogP contribution in [-0.2, 0) is 11.2 Å². The lowest BCUT2D eigenvalue weighted by Gasteiger charge is -2.28. The van der Waals surface area contributed by atoms with Gasteiger partial charge in [-0.25, -0.2) is 0 Å². The van der Waals surface area contributed by atoms with Gasteiger partial charge in [-0.1, -0.05) is 36.4 Å². The Morgan fingerprint density at radius 3 is 2.21 bits per heavy atom. The standard InChI is InChI=1S/C24H26N2O3/c1-26(23(27)13-12-18-15-20(28-2)17-21(16-18)29-3)24(19-9-5-4-6-10-19)22-11-7-8-14-25-22/h4-11,14-17,24H,12-13H2,1-3H3. The number of methoxy groups -OCH3 is 2. The summed E-state index contributed by atoms with van der Waals surface area (Å²) in [5.41, 5.74) is 2.87. The van der Waals surface area contributed by atoms with Crippen LogP contribution in [-0.4, -0.2) is 37.1 Å². The van der Waals surface area contributed by atoms with E-state index >= 15 is 0 Å². The van der Waals surface area contributed by atoms with Gasteiger partial charge in [0, 0.05) is 25.7 Å². The summed E-state index contributed by atoms with van der Waals surface area (Å²) in [5, 5.41) is 0. The van der Waals surface area contributed by atoms with Crippen LogP contribution in [0.5, 0.6) is 11.5 Å². The molecule has 29 heavy (non-hydrogen) atoms. The van der Waals surface area contributed by atoms with Crippen molar-refractivity contribution < 1.29 is 14.3 Å². The summed E-state index contributed by atoms with van der Waals surface area (Å²) >= 11 is 0. The van der Waals surface area contributed by atoms with Gasteiger partial charge in [0.2, 0.25) is 5.91 Å². The van der Waals surface area contributed by atoms with E-state index in [1.807, 2.05) is 73.8 Å². The van der Waals surface area contributed by atoms with Crippen LogP contribution in [0.25, 0.3) is 0 Å². The summed E-state index contributed by atoms with van der Waals surface area (Å²) in [4.78, 5) is 19.3. The van der Waals surface area contributed by atoms with Gasteiger partial charge in [0.15, 0.2) is 0 Å². The lowest BCUT2D eigenvalue weighted by atomic mass is 10.0. The van der Waals surface area contributed by atoms with Gasteiger partial charge in [-0.3, -0.25) is 9.78 Å². The second-order valence-corrected chi connectivity index (χ2v) is 6.79. The average molecular weight is 390 g/mol. The molecule has 0 saturated heterocycles. The fourth-order valence-corrected chi connectivity index (χ4v) is 3.35. The molecule has 2 aromatic carbocycles. The van der Waals surface area contributed by atoms with Crippen molar-refractivity contribution in [2.75, 3.05) is 21.3 Å². The van der Waals surface area contributed by atoms with Crippen LogP contribution in [0.2, 0.25) is 0 Å². The normalized spacial score (nSPS) is 11.6. The first kappa shape index (κ1) is 20.4. The number of pyridine rings is 1. The molecule has 1 amide bonds. The first-order valence-corrected chi connectivity index (χ1v) is 9.56. The topological polar surface area (TPSA) is 51.7 Å². The third-order valence-corrected chi connectivity index (χ3v) is 4.90. The highest BCUT2D eigenvalue weighted by molar-refractivity contribution is 5.77. The van der Waals surface area contributed by atoms with Gasteiger partial charge >= 0.3 is 0 Å². The van der Waals surface area contributed by atoms with Crippen molar-refractivity contribution >= 4 is 5.91 Å². The zero-order valence-corrected chi connectivity index (χ0v) is 17.0. The van der Waals surface area contributed by atoms with Gasteiger partial charge < -0.3 is 14.4 Å². The molecule has 1 aromatic heterocycles. The minimum absolute atomic E-state index is 0.0475. The molecule has 0 saturated carbocycles. The lowest BCUT2D eigenvalue weighted by molar-refractivity contribution is -0.131. The Kier molecular flexibility index (Phi) is 6.85. The molecule has 0 aliphatic heterocycles. The van der Waals surface area contributed by atoms with E-state index in [0.29, 0.717) is 12.8 Å². The number of hydrogen-bond donors (Lipinski definition) is 0. The number of benzene rings is 2. The fraction of sp³-hybridized carbons (Fsp3) is 0.250. The minimum Gasteiger partial charge on any atom is -0.497 e. The van der Waals surface area contributed by atoms with Crippen LogP contribution in [0, 0.1) is 0 Å². The van der Waals surface area contributed by atoms with E-state index in [9.17, 15) is 4.79 Å². The molecule has 0 N–H and O–H groups in total. The van der Waals surface area contributed by atoms with Crippen LogP contribution >= 0.6 is 0 Å². The zero-order valence-electron chi connectivity index (χ0n) is 17.0. The maximum atomic E-state index is 13.0. The number of carbonyl (C=O) groups is 1. The van der Waals surface area contributed by atoms with E-state index in [2.05, 4.69) is 4.98 Å². The maximum Gasteiger partial charge on any atom is 0.223 e. The van der Waals surface area contributed by atoms with E-state index in [4.69, 9.17) is 9.47 Å². The Bertz CT molecular complexity index is 868. The molecule has 0 fully saturated rings. The van der Waals surface area contributed by atoms with Crippen LogP contribution in [0.15, 0.2) is 72.9 Å². The lowest BCUT2D eigenvalue weighted by Crippen LogP contribution is -2.32. The third-order valence-electron chi connectivity index (χ3n) is 4.90. The van der Waals surface area contributed by atoms with Crippen molar-refractivity contribution in [3.05, 3.63) is 89.7 Å². The molecule has 0 bridgehead atoms. The first-order chi connectivity index (χ1) is 14.1.